The number of rotatable bonds is 2. The summed E-state index contributed by atoms with van der Waals surface area (Å²) in [5.74, 6) is 0.268. The maximum atomic E-state index is 11.5. The quantitative estimate of drug-likeness (QED) is 0.828. The Bertz CT molecular complexity index is 532. The van der Waals surface area contributed by atoms with Crippen LogP contribution in [0.3, 0.4) is 0 Å². The summed E-state index contributed by atoms with van der Waals surface area (Å²) >= 11 is 0. The number of nitrogens with one attached hydrogen (secondary N) is 1. The van der Waals surface area contributed by atoms with E-state index in [2.05, 4.69) is 16.0 Å². The minimum absolute atomic E-state index is 0.268. The van der Waals surface area contributed by atoms with Crippen molar-refractivity contribution in [3.63, 3.8) is 0 Å². The first-order valence-electron chi connectivity index (χ1n) is 5.53. The van der Waals surface area contributed by atoms with Crippen molar-refractivity contribution >= 4 is 16.9 Å². The SMILES string of the molecule is O=C1CCCN1Cc1ccc2nc[nH]c2c1. The summed E-state index contributed by atoms with van der Waals surface area (Å²) in [6.45, 7) is 1.60. The maximum Gasteiger partial charge on any atom is 0.222 e. The Kier molecular flexibility index (Phi) is 2.13. The highest BCUT2D eigenvalue weighted by Gasteiger charge is 2.19. The molecule has 1 aromatic carbocycles. The first-order chi connectivity index (χ1) is 7.83. The molecule has 1 aliphatic rings. The van der Waals surface area contributed by atoms with E-state index in [0.29, 0.717) is 13.0 Å². The highest BCUT2D eigenvalue weighted by atomic mass is 16.2. The van der Waals surface area contributed by atoms with Crippen molar-refractivity contribution < 1.29 is 4.79 Å². The average Bonchev–Trinajstić information content (AvgIpc) is 2.88. The molecular formula is C12H13N3O. The predicted molar refractivity (Wildman–Crippen MR) is 60.7 cm³/mol. The Morgan fingerprint density at radius 2 is 2.38 bits per heavy atom. The van der Waals surface area contributed by atoms with Crippen molar-refractivity contribution in [1.82, 2.24) is 14.9 Å². The lowest BCUT2D eigenvalue weighted by Crippen LogP contribution is -2.23. The number of fused-ring (bicyclic) bond motifs is 1. The molecule has 0 aliphatic carbocycles. The van der Waals surface area contributed by atoms with Crippen LogP contribution in [0.2, 0.25) is 0 Å². The largest absolute Gasteiger partial charge is 0.345 e. The van der Waals surface area contributed by atoms with Crippen LogP contribution in [0.15, 0.2) is 24.5 Å². The third-order valence-electron chi connectivity index (χ3n) is 3.03. The van der Waals surface area contributed by atoms with Crippen molar-refractivity contribution in [3.05, 3.63) is 30.1 Å². The number of hydrogen-bond acceptors (Lipinski definition) is 2. The van der Waals surface area contributed by atoms with Crippen LogP contribution >= 0.6 is 0 Å². The molecule has 0 unspecified atom stereocenters. The van der Waals surface area contributed by atoms with E-state index >= 15 is 0 Å². The summed E-state index contributed by atoms with van der Waals surface area (Å²) in [4.78, 5) is 20.7. The molecule has 0 atom stereocenters. The Morgan fingerprint density at radius 1 is 1.44 bits per heavy atom. The van der Waals surface area contributed by atoms with E-state index in [1.165, 1.54) is 0 Å². The molecule has 0 saturated carbocycles. The van der Waals surface area contributed by atoms with Crippen LogP contribution in [0, 0.1) is 0 Å². The molecule has 1 amide bonds. The highest BCUT2D eigenvalue weighted by molar-refractivity contribution is 5.78. The second kappa shape index (κ2) is 3.63. The number of hydrogen-bond donors (Lipinski definition) is 1. The van der Waals surface area contributed by atoms with Gasteiger partial charge in [-0.1, -0.05) is 6.07 Å². The van der Waals surface area contributed by atoms with E-state index in [0.717, 1.165) is 29.6 Å². The van der Waals surface area contributed by atoms with Crippen LogP contribution in [0.5, 0.6) is 0 Å². The van der Waals surface area contributed by atoms with E-state index in [1.807, 2.05) is 17.0 Å². The van der Waals surface area contributed by atoms with Crippen LogP contribution < -0.4 is 0 Å². The minimum atomic E-state index is 0.268. The van der Waals surface area contributed by atoms with Gasteiger partial charge in [-0.25, -0.2) is 4.98 Å². The van der Waals surface area contributed by atoms with Crippen LogP contribution in [-0.2, 0) is 11.3 Å². The molecule has 1 saturated heterocycles. The fraction of sp³-hybridized carbons (Fsp3) is 0.333. The molecule has 3 rings (SSSR count). The molecule has 2 aromatic rings. The molecule has 1 N–H and O–H groups in total. The summed E-state index contributed by atoms with van der Waals surface area (Å²) in [6, 6.07) is 6.09. The molecule has 0 spiro atoms. The van der Waals surface area contributed by atoms with E-state index in [9.17, 15) is 4.79 Å². The Balaban J connectivity index is 1.85. The third-order valence-corrected chi connectivity index (χ3v) is 3.03. The number of carbonyl (C=O) groups is 1. The van der Waals surface area contributed by atoms with E-state index < -0.39 is 0 Å². The summed E-state index contributed by atoms with van der Waals surface area (Å²) in [5, 5.41) is 0. The van der Waals surface area contributed by atoms with Gasteiger partial charge in [-0.2, -0.15) is 0 Å². The number of aromatic nitrogens is 2. The number of nitrogens with zero attached hydrogens (tertiary/aromatic N) is 2. The highest BCUT2D eigenvalue weighted by Crippen LogP contribution is 2.17. The maximum absolute atomic E-state index is 11.5. The summed E-state index contributed by atoms with van der Waals surface area (Å²) < 4.78 is 0. The topological polar surface area (TPSA) is 49.0 Å². The first-order valence-corrected chi connectivity index (χ1v) is 5.53. The third kappa shape index (κ3) is 1.56. The van der Waals surface area contributed by atoms with Crippen molar-refractivity contribution in [2.45, 2.75) is 19.4 Å². The standard InChI is InChI=1S/C12H13N3O/c16-12-2-1-5-15(12)7-9-3-4-10-11(6-9)14-8-13-10/h3-4,6,8H,1-2,5,7H2,(H,13,14). The molecular weight excluding hydrogens is 202 g/mol. The lowest BCUT2D eigenvalue weighted by molar-refractivity contribution is -0.128. The molecule has 1 aliphatic heterocycles. The number of aromatic amines is 1. The Hall–Kier alpha value is -1.84. The van der Waals surface area contributed by atoms with Gasteiger partial charge in [0.15, 0.2) is 0 Å². The lowest BCUT2D eigenvalue weighted by atomic mass is 10.2. The zero-order chi connectivity index (χ0) is 11.0. The molecule has 82 valence electrons. The van der Waals surface area contributed by atoms with Gasteiger partial charge in [0.25, 0.3) is 0 Å². The van der Waals surface area contributed by atoms with Gasteiger partial charge in [0, 0.05) is 19.5 Å². The molecule has 1 fully saturated rings. The van der Waals surface area contributed by atoms with Gasteiger partial charge in [-0.15, -0.1) is 0 Å². The number of H-pyrrole nitrogens is 1. The fourth-order valence-electron chi connectivity index (χ4n) is 2.17. The van der Waals surface area contributed by atoms with Crippen molar-refractivity contribution in [1.29, 1.82) is 0 Å². The number of imidazole rings is 1. The zero-order valence-electron chi connectivity index (χ0n) is 8.94. The lowest BCUT2D eigenvalue weighted by Gasteiger charge is -2.15. The van der Waals surface area contributed by atoms with E-state index in [4.69, 9.17) is 0 Å². The van der Waals surface area contributed by atoms with Crippen molar-refractivity contribution in [2.75, 3.05) is 6.54 Å². The molecule has 0 bridgehead atoms. The number of benzene rings is 1. The van der Waals surface area contributed by atoms with Crippen LogP contribution in [0.25, 0.3) is 11.0 Å². The number of likely N-dealkylation sites (tertiary alicyclic amines) is 1. The minimum Gasteiger partial charge on any atom is -0.345 e. The fourth-order valence-corrected chi connectivity index (χ4v) is 2.17. The molecule has 16 heavy (non-hydrogen) atoms. The van der Waals surface area contributed by atoms with Gasteiger partial charge in [-0.3, -0.25) is 4.79 Å². The first kappa shape index (κ1) is 9.39. The second-order valence-corrected chi connectivity index (χ2v) is 4.17. The van der Waals surface area contributed by atoms with Gasteiger partial charge >= 0.3 is 0 Å². The van der Waals surface area contributed by atoms with Gasteiger partial charge in [0.05, 0.1) is 17.4 Å². The van der Waals surface area contributed by atoms with Crippen LogP contribution in [0.4, 0.5) is 0 Å². The summed E-state index contributed by atoms with van der Waals surface area (Å²) in [5.41, 5.74) is 3.16. The smallest absolute Gasteiger partial charge is 0.222 e. The monoisotopic (exact) mass is 215 g/mol. The average molecular weight is 215 g/mol. The normalized spacial score (nSPS) is 16.2. The van der Waals surface area contributed by atoms with Gasteiger partial charge in [-0.05, 0) is 24.1 Å². The number of carbonyl (C=O) groups excluding carboxylic acids is 1. The van der Waals surface area contributed by atoms with Crippen LogP contribution in [-0.4, -0.2) is 27.3 Å². The zero-order valence-corrected chi connectivity index (χ0v) is 8.94. The van der Waals surface area contributed by atoms with Gasteiger partial charge in [0.2, 0.25) is 5.91 Å². The Labute approximate surface area is 93.3 Å². The van der Waals surface area contributed by atoms with Crippen molar-refractivity contribution in [3.8, 4) is 0 Å². The van der Waals surface area contributed by atoms with Gasteiger partial charge < -0.3 is 9.88 Å². The van der Waals surface area contributed by atoms with Gasteiger partial charge in [0.1, 0.15) is 0 Å². The van der Waals surface area contributed by atoms with E-state index in [-0.39, 0.29) is 5.91 Å². The molecule has 0 radical (unpaired) electrons. The summed E-state index contributed by atoms with van der Waals surface area (Å²) in [6.07, 6.45) is 3.38. The van der Waals surface area contributed by atoms with Crippen LogP contribution in [0.1, 0.15) is 18.4 Å². The predicted octanol–water partition coefficient (Wildman–Crippen LogP) is 1.69. The molecule has 1 aromatic heterocycles. The van der Waals surface area contributed by atoms with E-state index in [1.54, 1.807) is 6.33 Å². The summed E-state index contributed by atoms with van der Waals surface area (Å²) in [7, 11) is 0. The molecule has 2 heterocycles. The molecule has 4 nitrogen and oxygen atoms in total. The molecule has 4 heteroatoms. The number of amides is 1. The Morgan fingerprint density at radius 3 is 3.19 bits per heavy atom. The second-order valence-electron chi connectivity index (χ2n) is 4.17. The van der Waals surface area contributed by atoms with Crippen molar-refractivity contribution in [2.24, 2.45) is 0 Å².